The van der Waals surface area contributed by atoms with E-state index in [0.29, 0.717) is 38.2 Å². The maximum atomic E-state index is 12.8. The maximum Gasteiger partial charge on any atom is 0.317 e. The van der Waals surface area contributed by atoms with Gasteiger partial charge in [-0.15, -0.1) is 5.10 Å². The minimum Gasteiger partial charge on any atom is -0.394 e. The van der Waals surface area contributed by atoms with Gasteiger partial charge in [-0.05, 0) is 27.2 Å². The Morgan fingerprint density at radius 2 is 2.17 bits per heavy atom. The lowest BCUT2D eigenvalue weighted by Crippen LogP contribution is -2.49. The van der Waals surface area contributed by atoms with E-state index in [2.05, 4.69) is 15.6 Å². The van der Waals surface area contributed by atoms with Crippen molar-refractivity contribution in [3.8, 4) is 0 Å². The molecule has 2 rings (SSSR count). The highest BCUT2D eigenvalue weighted by atomic mass is 16.5. The van der Waals surface area contributed by atoms with E-state index in [1.54, 1.807) is 21.5 Å². The molecule has 1 aliphatic heterocycles. The minimum atomic E-state index is -0.319. The molecule has 1 aliphatic rings. The highest BCUT2D eigenvalue weighted by molar-refractivity contribution is 5.76. The summed E-state index contributed by atoms with van der Waals surface area (Å²) in [5.41, 5.74) is 0.715. The van der Waals surface area contributed by atoms with Crippen molar-refractivity contribution >= 4 is 11.9 Å². The zero-order chi connectivity index (χ0) is 22.3. The van der Waals surface area contributed by atoms with Gasteiger partial charge in [-0.3, -0.25) is 9.48 Å². The number of carbonyl (C=O) groups is 2. The molecule has 2 N–H and O–H groups in total. The summed E-state index contributed by atoms with van der Waals surface area (Å²) in [6.45, 7) is 9.23. The van der Waals surface area contributed by atoms with Gasteiger partial charge in [0.25, 0.3) is 0 Å². The molecule has 2 bridgehead atoms. The molecule has 0 aliphatic carbocycles. The van der Waals surface area contributed by atoms with Gasteiger partial charge in [0.05, 0.1) is 31.6 Å². The number of fused-ring (bicyclic) bond motifs is 2. The summed E-state index contributed by atoms with van der Waals surface area (Å²) in [4.78, 5) is 28.5. The number of rotatable bonds is 5. The van der Waals surface area contributed by atoms with Crippen LogP contribution in [0.25, 0.3) is 0 Å². The summed E-state index contributed by atoms with van der Waals surface area (Å²) in [7, 11) is 1.73. The van der Waals surface area contributed by atoms with E-state index in [4.69, 9.17) is 4.74 Å². The molecular formula is C20H36N6O4. The highest BCUT2D eigenvalue weighted by Gasteiger charge is 2.28. The molecular weight excluding hydrogens is 388 g/mol. The second-order valence-corrected chi connectivity index (χ2v) is 8.47. The van der Waals surface area contributed by atoms with Crippen molar-refractivity contribution in [1.82, 2.24) is 30.1 Å². The van der Waals surface area contributed by atoms with Crippen molar-refractivity contribution in [2.24, 2.45) is 5.92 Å². The van der Waals surface area contributed by atoms with Crippen LogP contribution in [0.15, 0.2) is 6.20 Å². The standard InChI is InChI=1S/C20H36N6O4/c1-14(2)21-20(29)24(5)11-18-15(3)9-26(16(4)12-27)19(28)7-6-8-25-10-17(13-30-18)22-23-25/h10,14-16,18,27H,6-9,11-13H2,1-5H3,(H,21,29)/t15-,16-,18+/m1/s1. The molecule has 10 nitrogen and oxygen atoms in total. The number of ether oxygens (including phenoxy) is 1. The summed E-state index contributed by atoms with van der Waals surface area (Å²) in [6, 6.07) is -0.427. The van der Waals surface area contributed by atoms with Crippen LogP contribution in [0.4, 0.5) is 4.79 Å². The number of aromatic nitrogens is 3. The van der Waals surface area contributed by atoms with Crippen LogP contribution in [-0.2, 0) is 22.7 Å². The number of nitrogens with one attached hydrogen (secondary N) is 1. The van der Waals surface area contributed by atoms with Crippen molar-refractivity contribution in [3.05, 3.63) is 11.9 Å². The number of amides is 3. The number of urea groups is 1. The van der Waals surface area contributed by atoms with E-state index in [1.807, 2.05) is 33.9 Å². The van der Waals surface area contributed by atoms with E-state index in [-0.39, 0.29) is 49.3 Å². The van der Waals surface area contributed by atoms with Crippen molar-refractivity contribution < 1.29 is 19.4 Å². The zero-order valence-corrected chi connectivity index (χ0v) is 18.7. The van der Waals surface area contributed by atoms with Crippen molar-refractivity contribution in [3.63, 3.8) is 0 Å². The number of hydrogen-bond donors (Lipinski definition) is 2. The highest BCUT2D eigenvalue weighted by Crippen LogP contribution is 2.17. The molecule has 2 heterocycles. The predicted molar refractivity (Wildman–Crippen MR) is 112 cm³/mol. The Bertz CT molecular complexity index is 695. The molecule has 0 unspecified atom stereocenters. The molecule has 3 atom stereocenters. The van der Waals surface area contributed by atoms with Crippen LogP contribution in [0.5, 0.6) is 0 Å². The van der Waals surface area contributed by atoms with Gasteiger partial charge in [-0.2, -0.15) is 0 Å². The molecule has 30 heavy (non-hydrogen) atoms. The molecule has 1 aromatic heterocycles. The molecule has 1 aromatic rings. The average Bonchev–Trinajstić information content (AvgIpc) is 3.14. The SMILES string of the molecule is CC(C)NC(=O)N(C)C[C@@H]1OCc2cn(nn2)CCCC(=O)N([C@H](C)CO)C[C@H]1C. The van der Waals surface area contributed by atoms with E-state index in [0.717, 1.165) is 0 Å². The molecule has 0 radical (unpaired) electrons. The normalized spacial score (nSPS) is 22.1. The van der Waals surface area contributed by atoms with Gasteiger partial charge in [-0.1, -0.05) is 12.1 Å². The molecule has 0 aromatic carbocycles. The fourth-order valence-electron chi connectivity index (χ4n) is 3.40. The van der Waals surface area contributed by atoms with Gasteiger partial charge in [0, 0.05) is 45.1 Å². The first kappa shape index (κ1) is 24.1. The van der Waals surface area contributed by atoms with Crippen LogP contribution in [0.1, 0.15) is 46.2 Å². The fraction of sp³-hybridized carbons (Fsp3) is 0.800. The maximum absolute atomic E-state index is 12.8. The van der Waals surface area contributed by atoms with Gasteiger partial charge < -0.3 is 25.0 Å². The smallest absolute Gasteiger partial charge is 0.317 e. The molecule has 0 saturated carbocycles. The summed E-state index contributed by atoms with van der Waals surface area (Å²) < 4.78 is 7.86. The van der Waals surface area contributed by atoms with Crippen LogP contribution >= 0.6 is 0 Å². The Hall–Kier alpha value is -2.20. The zero-order valence-electron chi connectivity index (χ0n) is 18.7. The van der Waals surface area contributed by atoms with Gasteiger partial charge in [0.2, 0.25) is 5.91 Å². The minimum absolute atomic E-state index is 0.00681. The average molecular weight is 425 g/mol. The van der Waals surface area contributed by atoms with Crippen LogP contribution < -0.4 is 5.32 Å². The Kier molecular flexibility index (Phi) is 9.04. The Balaban J connectivity index is 2.21. The molecule has 3 amide bonds. The third-order valence-corrected chi connectivity index (χ3v) is 5.26. The molecule has 0 fully saturated rings. The number of nitrogens with zero attached hydrogens (tertiary/aromatic N) is 5. The number of likely N-dealkylation sites (N-methyl/N-ethyl adjacent to an activating group) is 1. The lowest BCUT2D eigenvalue weighted by Gasteiger charge is -2.35. The summed E-state index contributed by atoms with van der Waals surface area (Å²) in [5.74, 6) is -0.0688. The lowest BCUT2D eigenvalue weighted by molar-refractivity contribution is -0.136. The summed E-state index contributed by atoms with van der Waals surface area (Å²) >= 11 is 0. The molecule has 0 spiro atoms. The van der Waals surface area contributed by atoms with Gasteiger partial charge in [0.1, 0.15) is 5.69 Å². The van der Waals surface area contributed by atoms with Crippen LogP contribution in [0.2, 0.25) is 0 Å². The van der Waals surface area contributed by atoms with E-state index in [9.17, 15) is 14.7 Å². The van der Waals surface area contributed by atoms with Crippen molar-refractivity contribution in [2.75, 3.05) is 26.7 Å². The number of aryl methyl sites for hydroxylation is 1. The van der Waals surface area contributed by atoms with Crippen molar-refractivity contribution in [2.45, 2.75) is 71.9 Å². The van der Waals surface area contributed by atoms with E-state index in [1.165, 1.54) is 0 Å². The Morgan fingerprint density at radius 1 is 1.43 bits per heavy atom. The van der Waals surface area contributed by atoms with Gasteiger partial charge in [0.15, 0.2) is 0 Å². The Morgan fingerprint density at radius 3 is 2.83 bits per heavy atom. The van der Waals surface area contributed by atoms with E-state index < -0.39 is 0 Å². The first-order valence-corrected chi connectivity index (χ1v) is 10.6. The summed E-state index contributed by atoms with van der Waals surface area (Å²) in [6.07, 6.45) is 2.52. The molecule has 10 heteroatoms. The van der Waals surface area contributed by atoms with E-state index >= 15 is 0 Å². The number of aliphatic hydroxyl groups is 1. The lowest BCUT2D eigenvalue weighted by atomic mass is 10.0. The number of aliphatic hydroxyl groups excluding tert-OH is 1. The number of hydrogen-bond acceptors (Lipinski definition) is 6. The number of carbonyl (C=O) groups excluding carboxylic acids is 2. The third kappa shape index (κ3) is 6.94. The quantitative estimate of drug-likeness (QED) is 0.725. The van der Waals surface area contributed by atoms with Crippen LogP contribution in [0, 0.1) is 5.92 Å². The fourth-order valence-corrected chi connectivity index (χ4v) is 3.40. The van der Waals surface area contributed by atoms with Gasteiger partial charge in [-0.25, -0.2) is 4.79 Å². The third-order valence-electron chi connectivity index (χ3n) is 5.26. The summed E-state index contributed by atoms with van der Waals surface area (Å²) in [5, 5.41) is 20.8. The second kappa shape index (κ2) is 11.3. The Labute approximate surface area is 178 Å². The monoisotopic (exact) mass is 424 g/mol. The van der Waals surface area contributed by atoms with Gasteiger partial charge >= 0.3 is 6.03 Å². The van der Waals surface area contributed by atoms with Crippen molar-refractivity contribution in [1.29, 1.82) is 0 Å². The first-order chi connectivity index (χ1) is 14.2. The van der Waals surface area contributed by atoms with Crippen LogP contribution in [-0.4, -0.2) is 86.8 Å². The van der Waals surface area contributed by atoms with Crippen LogP contribution in [0.3, 0.4) is 0 Å². The first-order valence-electron chi connectivity index (χ1n) is 10.6. The second-order valence-electron chi connectivity index (χ2n) is 8.47. The molecule has 170 valence electrons. The topological polar surface area (TPSA) is 113 Å². The largest absolute Gasteiger partial charge is 0.394 e. The predicted octanol–water partition coefficient (Wildman–Crippen LogP) is 0.852. The molecule has 0 saturated heterocycles.